The van der Waals surface area contributed by atoms with Crippen LogP contribution in [-0.2, 0) is 0 Å². The van der Waals surface area contributed by atoms with E-state index in [1.54, 1.807) is 48.5 Å². The normalized spacial score (nSPS) is 16.4. The van der Waals surface area contributed by atoms with Gasteiger partial charge in [-0.05, 0) is 18.2 Å². The first-order chi connectivity index (χ1) is 9.65. The van der Waals surface area contributed by atoms with Crippen molar-refractivity contribution in [3.05, 3.63) is 64.7 Å². The van der Waals surface area contributed by atoms with Gasteiger partial charge in [-0.15, -0.1) is 0 Å². The Bertz CT molecular complexity index is 750. The van der Waals surface area contributed by atoms with Crippen LogP contribution in [0.4, 0.5) is 5.69 Å². The molecule has 3 rings (SSSR count). The smallest absolute Gasteiger partial charge is 0.208 e. The van der Waals surface area contributed by atoms with Gasteiger partial charge in [0.15, 0.2) is 5.78 Å². The minimum Gasteiger partial charge on any atom is -0.294 e. The zero-order chi connectivity index (χ0) is 14.1. The summed E-state index contributed by atoms with van der Waals surface area (Å²) in [4.78, 5) is 28.6. The number of rotatable bonds is 1. The maximum atomic E-state index is 12.3. The summed E-state index contributed by atoms with van der Waals surface area (Å²) in [6, 6.07) is 13.7. The van der Waals surface area contributed by atoms with Gasteiger partial charge in [0.1, 0.15) is 0 Å². The van der Waals surface area contributed by atoms with E-state index in [1.807, 2.05) is 0 Å². The molecule has 1 aliphatic carbocycles. The Morgan fingerprint density at radius 1 is 0.950 bits per heavy atom. The lowest BCUT2D eigenvalue weighted by atomic mass is 9.88. The van der Waals surface area contributed by atoms with Crippen molar-refractivity contribution in [3.63, 3.8) is 0 Å². The van der Waals surface area contributed by atoms with Crippen molar-refractivity contribution in [3.8, 4) is 0 Å². The first-order valence-corrected chi connectivity index (χ1v) is 6.53. The van der Waals surface area contributed by atoms with Gasteiger partial charge in [0.2, 0.25) is 5.78 Å². The minimum atomic E-state index is -0.194. The van der Waals surface area contributed by atoms with Crippen molar-refractivity contribution in [2.75, 3.05) is 0 Å². The molecule has 20 heavy (non-hydrogen) atoms. The van der Waals surface area contributed by atoms with Gasteiger partial charge in [-0.3, -0.25) is 9.59 Å². The first-order valence-electron chi connectivity index (χ1n) is 6.15. The van der Waals surface area contributed by atoms with Crippen molar-refractivity contribution >= 4 is 34.6 Å². The van der Waals surface area contributed by atoms with Crippen LogP contribution in [0.3, 0.4) is 0 Å². The largest absolute Gasteiger partial charge is 0.294 e. The maximum Gasteiger partial charge on any atom is 0.208 e. The number of nitrogens with zero attached hydrogens (tertiary/aromatic N) is 1. The molecule has 0 N–H and O–H groups in total. The van der Waals surface area contributed by atoms with Crippen molar-refractivity contribution in [2.45, 2.75) is 6.42 Å². The van der Waals surface area contributed by atoms with E-state index in [1.165, 1.54) is 0 Å². The van der Waals surface area contributed by atoms with Crippen molar-refractivity contribution in [2.24, 2.45) is 4.99 Å². The van der Waals surface area contributed by atoms with Crippen LogP contribution in [0.15, 0.2) is 53.5 Å². The van der Waals surface area contributed by atoms with Crippen LogP contribution in [0.25, 0.3) is 0 Å². The third-order valence-electron chi connectivity index (χ3n) is 3.13. The second-order valence-electron chi connectivity index (χ2n) is 4.51. The highest BCUT2D eigenvalue weighted by atomic mass is 35.5. The highest BCUT2D eigenvalue weighted by Crippen LogP contribution is 2.23. The lowest BCUT2D eigenvalue weighted by Crippen LogP contribution is -2.26. The molecule has 0 bridgehead atoms. The Morgan fingerprint density at radius 2 is 1.70 bits per heavy atom. The summed E-state index contributed by atoms with van der Waals surface area (Å²) in [7, 11) is 0. The molecule has 98 valence electrons. The standard InChI is InChI=1S/C16H10ClNO2/c17-10-4-3-5-11(8-10)18-14-9-15(19)12-6-1-2-7-13(12)16(14)20/h1-8H,9H2. The number of Topliss-reactive ketones (excluding diaryl/α,β-unsaturated/α-hetero) is 2. The van der Waals surface area contributed by atoms with Gasteiger partial charge in [-0.25, -0.2) is 4.99 Å². The van der Waals surface area contributed by atoms with E-state index in [2.05, 4.69) is 4.99 Å². The van der Waals surface area contributed by atoms with E-state index < -0.39 is 0 Å². The fourth-order valence-electron chi connectivity index (χ4n) is 2.20. The maximum absolute atomic E-state index is 12.3. The average molecular weight is 284 g/mol. The summed E-state index contributed by atoms with van der Waals surface area (Å²) in [6.07, 6.45) is 0.0301. The number of hydrogen-bond donors (Lipinski definition) is 0. The summed E-state index contributed by atoms with van der Waals surface area (Å²) in [6.45, 7) is 0. The summed E-state index contributed by atoms with van der Waals surface area (Å²) in [5, 5.41) is 0.543. The molecular formula is C16H10ClNO2. The Hall–Kier alpha value is -2.26. The highest BCUT2D eigenvalue weighted by Gasteiger charge is 2.28. The first kappa shape index (κ1) is 12.8. The molecule has 0 heterocycles. The molecule has 0 spiro atoms. The molecule has 1 aliphatic rings. The number of fused-ring (bicyclic) bond motifs is 1. The monoisotopic (exact) mass is 283 g/mol. The Morgan fingerprint density at radius 3 is 2.45 bits per heavy atom. The third kappa shape index (κ3) is 2.28. The van der Waals surface area contributed by atoms with Crippen molar-refractivity contribution < 1.29 is 9.59 Å². The van der Waals surface area contributed by atoms with Crippen LogP contribution < -0.4 is 0 Å². The molecule has 0 unspecified atom stereocenters. The SMILES string of the molecule is O=C1CC(=Nc2cccc(Cl)c2)C(=O)c2ccccc21. The van der Waals surface area contributed by atoms with Crippen LogP contribution in [-0.4, -0.2) is 17.3 Å². The molecule has 0 amide bonds. The average Bonchev–Trinajstić information content (AvgIpc) is 2.45. The fourth-order valence-corrected chi connectivity index (χ4v) is 2.38. The minimum absolute atomic E-state index is 0.0301. The second kappa shape index (κ2) is 5.02. The van der Waals surface area contributed by atoms with Crippen LogP contribution in [0.2, 0.25) is 5.02 Å². The molecule has 0 saturated heterocycles. The number of halogens is 1. The van der Waals surface area contributed by atoms with Crippen LogP contribution in [0.1, 0.15) is 27.1 Å². The van der Waals surface area contributed by atoms with E-state index in [-0.39, 0.29) is 23.7 Å². The summed E-state index contributed by atoms with van der Waals surface area (Å²) < 4.78 is 0. The zero-order valence-corrected chi connectivity index (χ0v) is 11.2. The van der Waals surface area contributed by atoms with E-state index >= 15 is 0 Å². The third-order valence-corrected chi connectivity index (χ3v) is 3.37. The Labute approximate surface area is 120 Å². The zero-order valence-electron chi connectivity index (χ0n) is 10.5. The number of carbonyl (C=O) groups is 2. The lowest BCUT2D eigenvalue weighted by molar-refractivity contribution is 0.0965. The molecule has 4 heteroatoms. The van der Waals surface area contributed by atoms with Crippen LogP contribution in [0, 0.1) is 0 Å². The number of carbonyl (C=O) groups excluding carboxylic acids is 2. The Balaban J connectivity index is 2.05. The number of benzene rings is 2. The quantitative estimate of drug-likeness (QED) is 0.797. The predicted molar refractivity (Wildman–Crippen MR) is 78.3 cm³/mol. The van der Waals surface area contributed by atoms with Gasteiger partial charge in [0.25, 0.3) is 0 Å². The summed E-state index contributed by atoms with van der Waals surface area (Å²) >= 11 is 5.89. The molecule has 0 atom stereocenters. The highest BCUT2D eigenvalue weighted by molar-refractivity contribution is 6.53. The van der Waals surface area contributed by atoms with Crippen molar-refractivity contribution in [1.29, 1.82) is 0 Å². The predicted octanol–water partition coefficient (Wildman–Crippen LogP) is 3.88. The van der Waals surface area contributed by atoms with E-state index in [9.17, 15) is 9.59 Å². The van der Waals surface area contributed by atoms with Crippen molar-refractivity contribution in [1.82, 2.24) is 0 Å². The Kier molecular flexibility index (Phi) is 3.20. The number of ketones is 2. The van der Waals surface area contributed by atoms with Gasteiger partial charge < -0.3 is 0 Å². The van der Waals surface area contributed by atoms with Gasteiger partial charge in [-0.1, -0.05) is 41.9 Å². The molecule has 0 radical (unpaired) electrons. The van der Waals surface area contributed by atoms with Crippen LogP contribution in [0.5, 0.6) is 0 Å². The topological polar surface area (TPSA) is 46.5 Å². The van der Waals surface area contributed by atoms with E-state index in [4.69, 9.17) is 11.6 Å². The second-order valence-corrected chi connectivity index (χ2v) is 4.95. The fraction of sp³-hybridized carbons (Fsp3) is 0.0625. The van der Waals surface area contributed by atoms with Gasteiger partial charge >= 0.3 is 0 Å². The molecule has 2 aromatic rings. The number of hydrogen-bond acceptors (Lipinski definition) is 3. The summed E-state index contributed by atoms with van der Waals surface area (Å²) in [5.74, 6) is -0.277. The molecule has 2 aromatic carbocycles. The molecule has 0 fully saturated rings. The molecule has 3 nitrogen and oxygen atoms in total. The lowest BCUT2D eigenvalue weighted by Gasteiger charge is -2.15. The van der Waals surface area contributed by atoms with E-state index in [0.29, 0.717) is 21.8 Å². The van der Waals surface area contributed by atoms with E-state index in [0.717, 1.165) is 0 Å². The van der Waals surface area contributed by atoms with Gasteiger partial charge in [0, 0.05) is 16.1 Å². The molecule has 0 aliphatic heterocycles. The van der Waals surface area contributed by atoms with Gasteiger partial charge in [0.05, 0.1) is 17.8 Å². The molecule has 0 saturated carbocycles. The molecular weight excluding hydrogens is 274 g/mol. The molecule has 0 aromatic heterocycles. The van der Waals surface area contributed by atoms with Gasteiger partial charge in [-0.2, -0.15) is 0 Å². The van der Waals surface area contributed by atoms with Crippen LogP contribution >= 0.6 is 11.6 Å². The summed E-state index contributed by atoms with van der Waals surface area (Å²) in [5.41, 5.74) is 1.73. The number of aliphatic imine (C=N–C) groups is 1.